The Labute approximate surface area is 167 Å². The molecule has 5 heteroatoms. The van der Waals surface area contributed by atoms with Crippen LogP contribution in [0.5, 0.6) is 0 Å². The highest BCUT2D eigenvalue weighted by molar-refractivity contribution is 5.71. The lowest BCUT2D eigenvalue weighted by Crippen LogP contribution is -2.51. The van der Waals surface area contributed by atoms with Gasteiger partial charge >= 0.3 is 12.1 Å². The minimum atomic E-state index is -0.846. The maximum absolute atomic E-state index is 12.4. The van der Waals surface area contributed by atoms with Crippen LogP contribution >= 0.6 is 0 Å². The second-order valence-electron chi connectivity index (χ2n) is 7.75. The zero-order valence-electron chi connectivity index (χ0n) is 17.0. The highest BCUT2D eigenvalue weighted by Crippen LogP contribution is 2.45. The summed E-state index contributed by atoms with van der Waals surface area (Å²) in [5, 5.41) is 0. The van der Waals surface area contributed by atoms with Crippen molar-refractivity contribution in [3.05, 3.63) is 35.4 Å². The summed E-state index contributed by atoms with van der Waals surface area (Å²) < 4.78 is 11.0. The number of ether oxygens (including phenoxy) is 2. The smallest absolute Gasteiger partial charge is 0.409 e. The number of benzene rings is 1. The average molecular weight is 383 g/mol. The van der Waals surface area contributed by atoms with Gasteiger partial charge < -0.3 is 14.4 Å². The van der Waals surface area contributed by atoms with Crippen molar-refractivity contribution in [3.63, 3.8) is 0 Å². The Kier molecular flexibility index (Phi) is 6.28. The molecule has 5 nitrogen and oxygen atoms in total. The van der Waals surface area contributed by atoms with E-state index in [1.54, 1.807) is 4.90 Å². The van der Waals surface area contributed by atoms with Gasteiger partial charge in [-0.05, 0) is 62.6 Å². The largest absolute Gasteiger partial charge is 0.453 e. The summed E-state index contributed by atoms with van der Waals surface area (Å²) in [6.45, 7) is 4.61. The Morgan fingerprint density at radius 1 is 1.32 bits per heavy atom. The van der Waals surface area contributed by atoms with Crippen LogP contribution in [0.1, 0.15) is 56.6 Å². The quantitative estimate of drug-likeness (QED) is 0.583. The lowest BCUT2D eigenvalue weighted by atomic mass is 9.72. The van der Waals surface area contributed by atoms with Gasteiger partial charge in [0.25, 0.3) is 0 Å². The first-order chi connectivity index (χ1) is 13.5. The number of hydrogen-bond acceptors (Lipinski definition) is 4. The summed E-state index contributed by atoms with van der Waals surface area (Å²) in [5.41, 5.74) is 1.21. The topological polar surface area (TPSA) is 55.8 Å². The fourth-order valence-corrected chi connectivity index (χ4v) is 4.52. The van der Waals surface area contributed by atoms with Crippen LogP contribution in [0.2, 0.25) is 0 Å². The highest BCUT2D eigenvalue weighted by atomic mass is 16.6. The van der Waals surface area contributed by atoms with Crippen molar-refractivity contribution < 1.29 is 19.1 Å². The molecule has 1 heterocycles. The molecule has 2 aliphatic rings. The van der Waals surface area contributed by atoms with Gasteiger partial charge in [0.05, 0.1) is 7.11 Å². The molecule has 1 aromatic carbocycles. The lowest BCUT2D eigenvalue weighted by Gasteiger charge is -2.42. The summed E-state index contributed by atoms with van der Waals surface area (Å²) in [4.78, 5) is 26.4. The SMILES string of the molecule is CCCC(=O)O[C@@]1(C#Cc2cccc(C)c2)CCC[C@@H]2[C@H]1CCN2C(=O)OC. The molecule has 0 N–H and O–H groups in total. The van der Waals surface area contributed by atoms with Gasteiger partial charge in [0.1, 0.15) is 0 Å². The molecule has 1 saturated heterocycles. The number of carbonyl (C=O) groups excluding carboxylic acids is 2. The monoisotopic (exact) mass is 383 g/mol. The number of rotatable bonds is 3. The van der Waals surface area contributed by atoms with E-state index in [4.69, 9.17) is 9.47 Å². The van der Waals surface area contributed by atoms with Crippen molar-refractivity contribution in [2.24, 2.45) is 5.92 Å². The van der Waals surface area contributed by atoms with Gasteiger partial charge in [0.2, 0.25) is 0 Å². The summed E-state index contributed by atoms with van der Waals surface area (Å²) in [7, 11) is 1.41. The Hall–Kier alpha value is -2.48. The van der Waals surface area contributed by atoms with Gasteiger partial charge in [-0.25, -0.2) is 4.79 Å². The van der Waals surface area contributed by atoms with E-state index in [1.807, 2.05) is 38.1 Å². The first-order valence-corrected chi connectivity index (χ1v) is 10.2. The van der Waals surface area contributed by atoms with E-state index in [2.05, 4.69) is 11.8 Å². The molecule has 0 spiro atoms. The van der Waals surface area contributed by atoms with E-state index < -0.39 is 5.60 Å². The molecule has 150 valence electrons. The summed E-state index contributed by atoms with van der Waals surface area (Å²) in [6.07, 6.45) is 4.03. The van der Waals surface area contributed by atoms with Crippen LogP contribution in [0.25, 0.3) is 0 Å². The molecule has 1 amide bonds. The van der Waals surface area contributed by atoms with Crippen LogP contribution in [0.4, 0.5) is 4.79 Å². The Morgan fingerprint density at radius 2 is 2.14 bits per heavy atom. The van der Waals surface area contributed by atoms with Crippen molar-refractivity contribution in [1.29, 1.82) is 0 Å². The summed E-state index contributed by atoms with van der Waals surface area (Å²) in [6, 6.07) is 8.02. The molecule has 3 rings (SSSR count). The Morgan fingerprint density at radius 3 is 2.86 bits per heavy atom. The van der Waals surface area contributed by atoms with Gasteiger partial charge in [0.15, 0.2) is 5.60 Å². The maximum atomic E-state index is 12.4. The number of aryl methyl sites for hydroxylation is 1. The number of hydrogen-bond donors (Lipinski definition) is 0. The van der Waals surface area contributed by atoms with Gasteiger partial charge in [-0.1, -0.05) is 25.0 Å². The summed E-state index contributed by atoms with van der Waals surface area (Å²) >= 11 is 0. The van der Waals surface area contributed by atoms with Gasteiger partial charge in [-0.3, -0.25) is 4.79 Å². The van der Waals surface area contributed by atoms with Crippen molar-refractivity contribution >= 4 is 12.1 Å². The van der Waals surface area contributed by atoms with Crippen molar-refractivity contribution in [1.82, 2.24) is 4.90 Å². The predicted octanol–water partition coefficient (Wildman–Crippen LogP) is 4.07. The molecule has 0 aromatic heterocycles. The first kappa shape index (κ1) is 20.3. The van der Waals surface area contributed by atoms with Crippen LogP contribution in [0.3, 0.4) is 0 Å². The van der Waals surface area contributed by atoms with Crippen LogP contribution in [0.15, 0.2) is 24.3 Å². The minimum absolute atomic E-state index is 0.00226. The van der Waals surface area contributed by atoms with Gasteiger partial charge in [-0.15, -0.1) is 0 Å². The molecule has 3 atom stereocenters. The zero-order valence-corrected chi connectivity index (χ0v) is 17.0. The lowest BCUT2D eigenvalue weighted by molar-refractivity contribution is -0.162. The third kappa shape index (κ3) is 4.16. The molecule has 0 unspecified atom stereocenters. The van der Waals surface area contributed by atoms with Crippen molar-refractivity contribution in [2.75, 3.05) is 13.7 Å². The second kappa shape index (κ2) is 8.68. The molecular formula is C23H29NO4. The van der Waals surface area contributed by atoms with E-state index in [1.165, 1.54) is 7.11 Å². The minimum Gasteiger partial charge on any atom is -0.453 e. The van der Waals surface area contributed by atoms with E-state index in [0.717, 1.165) is 36.8 Å². The Bertz CT molecular complexity index is 793. The molecule has 0 radical (unpaired) electrons. The van der Waals surface area contributed by atoms with Crippen LogP contribution < -0.4 is 0 Å². The number of esters is 1. The molecule has 1 aliphatic carbocycles. The molecule has 2 fully saturated rings. The van der Waals surface area contributed by atoms with Gasteiger partial charge in [-0.2, -0.15) is 0 Å². The number of nitrogens with zero attached hydrogens (tertiary/aromatic N) is 1. The Balaban J connectivity index is 1.95. The number of carbonyl (C=O) groups is 2. The molecule has 0 bridgehead atoms. The van der Waals surface area contributed by atoms with Crippen molar-refractivity contribution in [2.45, 2.75) is 64.0 Å². The molecule has 1 aromatic rings. The standard InChI is InChI=1S/C23H29NO4/c1-4-7-21(25)28-23(14-11-18-9-5-8-17(2)16-18)13-6-10-20-19(23)12-15-24(20)22(26)27-3/h5,8-9,16,19-20H,4,6-7,10,12-13,15H2,1-3H3/t19-,20-,23-/m1/s1. The van der Waals surface area contributed by atoms with E-state index in [9.17, 15) is 9.59 Å². The van der Waals surface area contributed by atoms with Crippen LogP contribution in [-0.4, -0.2) is 42.3 Å². The first-order valence-electron chi connectivity index (χ1n) is 10.2. The third-order valence-electron chi connectivity index (χ3n) is 5.79. The van der Waals surface area contributed by atoms with E-state index >= 15 is 0 Å². The van der Waals surface area contributed by atoms with Crippen LogP contribution in [0, 0.1) is 24.7 Å². The van der Waals surface area contributed by atoms with Crippen molar-refractivity contribution in [3.8, 4) is 11.8 Å². The predicted molar refractivity (Wildman–Crippen MR) is 107 cm³/mol. The number of fused-ring (bicyclic) bond motifs is 1. The van der Waals surface area contributed by atoms with Crippen LogP contribution in [-0.2, 0) is 14.3 Å². The highest BCUT2D eigenvalue weighted by Gasteiger charge is 2.53. The number of amides is 1. The normalized spacial score (nSPS) is 26.0. The maximum Gasteiger partial charge on any atom is 0.409 e. The molecule has 1 aliphatic heterocycles. The average Bonchev–Trinajstić information content (AvgIpc) is 3.12. The van der Waals surface area contributed by atoms with E-state index in [0.29, 0.717) is 19.4 Å². The third-order valence-corrected chi connectivity index (χ3v) is 5.79. The number of likely N-dealkylation sites (tertiary alicyclic amines) is 1. The van der Waals surface area contributed by atoms with E-state index in [-0.39, 0.29) is 24.0 Å². The zero-order chi connectivity index (χ0) is 20.1. The second-order valence-corrected chi connectivity index (χ2v) is 7.75. The molecule has 28 heavy (non-hydrogen) atoms. The fourth-order valence-electron chi connectivity index (χ4n) is 4.52. The number of methoxy groups -OCH3 is 1. The van der Waals surface area contributed by atoms with Gasteiger partial charge in [0, 0.05) is 30.5 Å². The fraction of sp³-hybridized carbons (Fsp3) is 0.565. The molecule has 1 saturated carbocycles. The summed E-state index contributed by atoms with van der Waals surface area (Å²) in [5.74, 6) is 6.40. The molecular weight excluding hydrogens is 354 g/mol.